The van der Waals surface area contributed by atoms with Crippen molar-refractivity contribution in [2.24, 2.45) is 0 Å². The summed E-state index contributed by atoms with van der Waals surface area (Å²) >= 11 is 0. The molecule has 6 heteroatoms. The Balaban J connectivity index is 2.96. The molecule has 20 heavy (non-hydrogen) atoms. The fourth-order valence-electron chi connectivity index (χ4n) is 1.68. The Morgan fingerprint density at radius 2 is 1.70 bits per heavy atom. The number of carboxylic acid groups (broad SMARTS) is 1. The largest absolute Gasteiger partial charge is 0.481 e. The molecule has 0 aromatic heterocycles. The number of sulfonamides is 1. The number of benzene rings is 1. The van der Waals surface area contributed by atoms with E-state index in [4.69, 9.17) is 5.11 Å². The Labute approximate surface area is 120 Å². The number of nitrogens with zero attached hydrogens (tertiary/aromatic N) is 1. The minimum atomic E-state index is -3.63. The molecule has 0 bridgehead atoms. The first kappa shape index (κ1) is 16.7. The molecule has 0 amide bonds. The molecule has 0 heterocycles. The highest BCUT2D eigenvalue weighted by Gasteiger charge is 2.22. The van der Waals surface area contributed by atoms with Crippen LogP contribution in [-0.4, -0.2) is 37.4 Å². The summed E-state index contributed by atoms with van der Waals surface area (Å²) < 4.78 is 25.5. The van der Waals surface area contributed by atoms with Gasteiger partial charge in [-0.15, -0.1) is 0 Å². The molecule has 1 aromatic carbocycles. The monoisotopic (exact) mass is 299 g/mol. The van der Waals surface area contributed by atoms with E-state index in [0.29, 0.717) is 0 Å². The lowest BCUT2D eigenvalue weighted by molar-refractivity contribution is -0.137. The van der Waals surface area contributed by atoms with Crippen LogP contribution in [0.2, 0.25) is 0 Å². The van der Waals surface area contributed by atoms with Gasteiger partial charge >= 0.3 is 5.97 Å². The summed E-state index contributed by atoms with van der Waals surface area (Å²) in [6.07, 6.45) is -0.212. The van der Waals surface area contributed by atoms with E-state index in [0.717, 1.165) is 9.87 Å². The summed E-state index contributed by atoms with van der Waals surface area (Å²) in [5.74, 6) is -1.02. The third-order valence-electron chi connectivity index (χ3n) is 3.07. The Morgan fingerprint density at radius 1 is 1.20 bits per heavy atom. The number of aliphatic carboxylic acids is 1. The van der Waals surface area contributed by atoms with Crippen molar-refractivity contribution in [1.82, 2.24) is 4.31 Å². The number of hydrogen-bond acceptors (Lipinski definition) is 3. The van der Waals surface area contributed by atoms with Gasteiger partial charge in [0.25, 0.3) is 0 Å². The number of carbonyl (C=O) groups is 1. The molecule has 1 rings (SSSR count). The van der Waals surface area contributed by atoms with Gasteiger partial charge in [-0.05, 0) is 23.1 Å². The fourth-order valence-corrected chi connectivity index (χ4v) is 2.85. The molecule has 0 spiro atoms. The third-order valence-corrected chi connectivity index (χ3v) is 4.94. The summed E-state index contributed by atoms with van der Waals surface area (Å²) in [4.78, 5) is 10.7. The van der Waals surface area contributed by atoms with Gasteiger partial charge in [-0.25, -0.2) is 12.7 Å². The zero-order valence-electron chi connectivity index (χ0n) is 12.3. The van der Waals surface area contributed by atoms with Crippen LogP contribution in [0.15, 0.2) is 29.2 Å². The van der Waals surface area contributed by atoms with Gasteiger partial charge in [-0.1, -0.05) is 32.9 Å². The van der Waals surface area contributed by atoms with Gasteiger partial charge in [0, 0.05) is 13.6 Å². The van der Waals surface area contributed by atoms with Crippen LogP contribution in [0.3, 0.4) is 0 Å². The lowest BCUT2D eigenvalue weighted by Crippen LogP contribution is -2.29. The minimum Gasteiger partial charge on any atom is -0.481 e. The molecule has 0 atom stereocenters. The molecule has 0 fully saturated rings. The Bertz CT molecular complexity index is 570. The maximum atomic E-state index is 12.2. The summed E-state index contributed by atoms with van der Waals surface area (Å²) in [6, 6.07) is 6.70. The van der Waals surface area contributed by atoms with E-state index in [-0.39, 0.29) is 23.3 Å². The van der Waals surface area contributed by atoms with E-state index in [9.17, 15) is 13.2 Å². The summed E-state index contributed by atoms with van der Waals surface area (Å²) in [5.41, 5.74) is 1.00. The lowest BCUT2D eigenvalue weighted by atomic mass is 9.87. The van der Waals surface area contributed by atoms with E-state index >= 15 is 0 Å². The predicted molar refractivity (Wildman–Crippen MR) is 77.2 cm³/mol. The van der Waals surface area contributed by atoms with Crippen molar-refractivity contribution in [1.29, 1.82) is 0 Å². The van der Waals surface area contributed by atoms with E-state index in [1.807, 2.05) is 0 Å². The quantitative estimate of drug-likeness (QED) is 0.903. The minimum absolute atomic E-state index is 0.0430. The SMILES string of the molecule is CN(CCC(=O)O)S(=O)(=O)c1ccc(C(C)(C)C)cc1. The number of rotatable bonds is 5. The number of carboxylic acids is 1. The normalized spacial score (nSPS) is 12.7. The Kier molecular flexibility index (Phi) is 4.94. The molecule has 0 aliphatic carbocycles. The Hall–Kier alpha value is -1.40. The highest BCUT2D eigenvalue weighted by atomic mass is 32.2. The van der Waals surface area contributed by atoms with Crippen molar-refractivity contribution in [3.8, 4) is 0 Å². The maximum Gasteiger partial charge on any atom is 0.304 e. The van der Waals surface area contributed by atoms with Crippen LogP contribution in [0.4, 0.5) is 0 Å². The van der Waals surface area contributed by atoms with Gasteiger partial charge in [0.2, 0.25) is 10.0 Å². The second kappa shape index (κ2) is 5.93. The predicted octanol–water partition coefficient (Wildman–Crippen LogP) is 2.08. The van der Waals surface area contributed by atoms with Gasteiger partial charge < -0.3 is 5.11 Å². The zero-order chi connectivity index (χ0) is 15.6. The maximum absolute atomic E-state index is 12.2. The fraction of sp³-hybridized carbons (Fsp3) is 0.500. The molecule has 0 radical (unpaired) electrons. The first-order valence-electron chi connectivity index (χ1n) is 6.34. The molecule has 0 saturated carbocycles. The lowest BCUT2D eigenvalue weighted by Gasteiger charge is -2.20. The highest BCUT2D eigenvalue weighted by molar-refractivity contribution is 7.89. The topological polar surface area (TPSA) is 74.7 Å². The molecule has 1 aromatic rings. The molecule has 0 aliphatic heterocycles. The first-order valence-corrected chi connectivity index (χ1v) is 7.78. The third kappa shape index (κ3) is 4.05. The molecule has 0 saturated heterocycles. The molecule has 0 aliphatic rings. The van der Waals surface area contributed by atoms with Gasteiger partial charge in [0.05, 0.1) is 11.3 Å². The molecule has 0 unspecified atom stereocenters. The van der Waals surface area contributed by atoms with Crippen LogP contribution in [0.5, 0.6) is 0 Å². The van der Waals surface area contributed by atoms with Crippen molar-refractivity contribution in [3.63, 3.8) is 0 Å². The molecule has 5 nitrogen and oxygen atoms in total. The van der Waals surface area contributed by atoms with Crippen molar-refractivity contribution >= 4 is 16.0 Å². The summed E-state index contributed by atoms with van der Waals surface area (Å²) in [7, 11) is -2.24. The molecule has 1 N–H and O–H groups in total. The van der Waals surface area contributed by atoms with Crippen LogP contribution in [-0.2, 0) is 20.2 Å². The van der Waals surface area contributed by atoms with Crippen molar-refractivity contribution in [2.75, 3.05) is 13.6 Å². The zero-order valence-corrected chi connectivity index (χ0v) is 13.1. The van der Waals surface area contributed by atoms with Crippen LogP contribution in [0.25, 0.3) is 0 Å². The molecule has 112 valence electrons. The van der Waals surface area contributed by atoms with E-state index in [2.05, 4.69) is 20.8 Å². The van der Waals surface area contributed by atoms with Crippen molar-refractivity contribution < 1.29 is 18.3 Å². The standard InChI is InChI=1S/C14H21NO4S/c1-14(2,3)11-5-7-12(8-6-11)20(18,19)15(4)10-9-13(16)17/h5-8H,9-10H2,1-4H3,(H,16,17). The second-order valence-electron chi connectivity index (χ2n) is 5.74. The van der Waals surface area contributed by atoms with Gasteiger partial charge in [-0.3, -0.25) is 4.79 Å². The van der Waals surface area contributed by atoms with E-state index < -0.39 is 16.0 Å². The second-order valence-corrected chi connectivity index (χ2v) is 7.79. The average molecular weight is 299 g/mol. The Morgan fingerprint density at radius 3 is 2.10 bits per heavy atom. The van der Waals surface area contributed by atoms with Crippen LogP contribution in [0, 0.1) is 0 Å². The van der Waals surface area contributed by atoms with E-state index in [1.165, 1.54) is 7.05 Å². The summed E-state index contributed by atoms with van der Waals surface area (Å²) in [6.45, 7) is 6.11. The molecular formula is C14H21NO4S. The van der Waals surface area contributed by atoms with Gasteiger partial charge in [-0.2, -0.15) is 0 Å². The summed E-state index contributed by atoms with van der Waals surface area (Å²) in [5, 5.41) is 8.60. The molecular weight excluding hydrogens is 278 g/mol. The van der Waals surface area contributed by atoms with Crippen LogP contribution in [0.1, 0.15) is 32.8 Å². The van der Waals surface area contributed by atoms with Gasteiger partial charge in [0.15, 0.2) is 0 Å². The number of hydrogen-bond donors (Lipinski definition) is 1. The average Bonchev–Trinajstić information content (AvgIpc) is 2.34. The van der Waals surface area contributed by atoms with Crippen molar-refractivity contribution in [2.45, 2.75) is 37.5 Å². The smallest absolute Gasteiger partial charge is 0.304 e. The van der Waals surface area contributed by atoms with Crippen molar-refractivity contribution in [3.05, 3.63) is 29.8 Å². The van der Waals surface area contributed by atoms with Crippen LogP contribution >= 0.6 is 0 Å². The van der Waals surface area contributed by atoms with Gasteiger partial charge in [0.1, 0.15) is 0 Å². The van der Waals surface area contributed by atoms with Crippen LogP contribution < -0.4 is 0 Å². The first-order chi connectivity index (χ1) is 9.05. The van der Waals surface area contributed by atoms with E-state index in [1.54, 1.807) is 24.3 Å². The highest BCUT2D eigenvalue weighted by Crippen LogP contribution is 2.24.